The van der Waals surface area contributed by atoms with Gasteiger partial charge in [0.15, 0.2) is 10.9 Å². The van der Waals surface area contributed by atoms with Gasteiger partial charge in [0.05, 0.1) is 12.2 Å². The molecule has 1 aliphatic heterocycles. The van der Waals surface area contributed by atoms with Crippen LogP contribution >= 0.6 is 35.0 Å². The summed E-state index contributed by atoms with van der Waals surface area (Å²) >= 11 is 13.4. The quantitative estimate of drug-likeness (QED) is 0.258. The van der Waals surface area contributed by atoms with Gasteiger partial charge < -0.3 is 9.84 Å². The van der Waals surface area contributed by atoms with Gasteiger partial charge in [0, 0.05) is 33.8 Å². The van der Waals surface area contributed by atoms with Gasteiger partial charge in [0.2, 0.25) is 11.8 Å². The summed E-state index contributed by atoms with van der Waals surface area (Å²) in [6.07, 6.45) is 0.000548. The van der Waals surface area contributed by atoms with E-state index in [9.17, 15) is 9.59 Å². The van der Waals surface area contributed by atoms with E-state index in [1.807, 2.05) is 43.3 Å². The first-order valence-electron chi connectivity index (χ1n) is 11.7. The molecule has 4 aromatic rings. The van der Waals surface area contributed by atoms with E-state index < -0.39 is 5.25 Å². The van der Waals surface area contributed by atoms with Gasteiger partial charge in [0.1, 0.15) is 10.9 Å². The van der Waals surface area contributed by atoms with Crippen LogP contribution in [0.4, 0.5) is 11.4 Å². The molecule has 3 aromatic carbocycles. The highest BCUT2D eigenvalue weighted by atomic mass is 35.5. The number of halogens is 2. The molecule has 1 aromatic heterocycles. The predicted molar refractivity (Wildman–Crippen MR) is 152 cm³/mol. The Kier molecular flexibility index (Phi) is 7.83. The molecule has 0 spiro atoms. The third-order valence-corrected chi connectivity index (χ3v) is 7.51. The number of benzene rings is 3. The van der Waals surface area contributed by atoms with E-state index in [1.54, 1.807) is 42.5 Å². The number of anilines is 1. The Morgan fingerprint density at radius 1 is 1.05 bits per heavy atom. The number of amidine groups is 1. The summed E-state index contributed by atoms with van der Waals surface area (Å²) in [5, 5.41) is 8.06. The summed E-state index contributed by atoms with van der Waals surface area (Å²) in [6, 6.07) is 23.5. The minimum Gasteiger partial charge on any atom is -0.356 e. The van der Waals surface area contributed by atoms with Crippen LogP contribution in [0.3, 0.4) is 0 Å². The molecule has 0 saturated carbocycles. The van der Waals surface area contributed by atoms with Crippen molar-refractivity contribution in [1.29, 1.82) is 0 Å². The maximum absolute atomic E-state index is 13.5. The number of aliphatic imine (C=N–C) groups is 1. The van der Waals surface area contributed by atoms with E-state index in [-0.39, 0.29) is 24.8 Å². The highest BCUT2D eigenvalue weighted by Gasteiger charge is 2.39. The fourth-order valence-corrected chi connectivity index (χ4v) is 5.38. The number of rotatable bonds is 7. The fourth-order valence-electron chi connectivity index (χ4n) is 3.91. The zero-order valence-corrected chi connectivity index (χ0v) is 22.6. The van der Waals surface area contributed by atoms with Crippen molar-refractivity contribution in [2.45, 2.75) is 25.1 Å². The van der Waals surface area contributed by atoms with Gasteiger partial charge in [-0.15, -0.1) is 0 Å². The van der Waals surface area contributed by atoms with Crippen molar-refractivity contribution in [1.82, 2.24) is 10.1 Å². The summed E-state index contributed by atoms with van der Waals surface area (Å²) in [4.78, 5) is 32.5. The molecule has 1 saturated heterocycles. The number of hydrogen-bond donors (Lipinski definition) is 1. The summed E-state index contributed by atoms with van der Waals surface area (Å²) in [7, 11) is 0. The normalized spacial score (nSPS) is 16.3. The van der Waals surface area contributed by atoms with E-state index in [0.29, 0.717) is 32.4 Å². The van der Waals surface area contributed by atoms with Crippen molar-refractivity contribution in [2.75, 3.05) is 5.32 Å². The van der Waals surface area contributed by atoms with Crippen molar-refractivity contribution >= 4 is 63.3 Å². The van der Waals surface area contributed by atoms with E-state index in [4.69, 9.17) is 27.7 Å². The first-order chi connectivity index (χ1) is 18.4. The lowest BCUT2D eigenvalue weighted by Crippen LogP contribution is -2.33. The number of carbonyl (C=O) groups excluding carboxylic acids is 2. The van der Waals surface area contributed by atoms with Crippen LogP contribution < -0.4 is 5.32 Å². The van der Waals surface area contributed by atoms with Crippen molar-refractivity contribution in [2.24, 2.45) is 4.99 Å². The second kappa shape index (κ2) is 11.4. The molecule has 38 heavy (non-hydrogen) atoms. The number of aromatic nitrogens is 1. The van der Waals surface area contributed by atoms with Gasteiger partial charge in [-0.3, -0.25) is 14.5 Å². The number of nitrogens with one attached hydrogen (secondary N) is 1. The first kappa shape index (κ1) is 26.0. The number of carbonyl (C=O) groups is 2. The standard InChI is InChI=1S/C28H22Cl2N4O3S/c1-17-5-2-3-8-23(17)32-26(35)15-25-27(36)34(28(38-25)31-21-11-9-19(29)10-12-21)16-22-14-24(37-33-22)18-6-4-7-20(30)13-18/h2-14,25H,15-16H2,1H3,(H,32,35). The molecule has 5 rings (SSSR count). The van der Waals surface area contributed by atoms with E-state index in [0.717, 1.165) is 16.8 Å². The van der Waals surface area contributed by atoms with E-state index in [2.05, 4.69) is 15.5 Å². The third kappa shape index (κ3) is 6.10. The molecular weight excluding hydrogens is 543 g/mol. The summed E-state index contributed by atoms with van der Waals surface area (Å²) in [5.74, 6) is 0.0598. The molecule has 192 valence electrons. The summed E-state index contributed by atoms with van der Waals surface area (Å²) in [6.45, 7) is 2.05. The Morgan fingerprint density at radius 2 is 1.84 bits per heavy atom. The smallest absolute Gasteiger partial charge is 0.243 e. The largest absolute Gasteiger partial charge is 0.356 e. The lowest BCUT2D eigenvalue weighted by atomic mass is 10.1. The molecule has 10 heteroatoms. The molecule has 0 aliphatic carbocycles. The Balaban J connectivity index is 1.37. The molecule has 1 unspecified atom stereocenters. The number of nitrogens with zero attached hydrogens (tertiary/aromatic N) is 3. The van der Waals surface area contributed by atoms with Crippen molar-refractivity contribution < 1.29 is 14.1 Å². The second-order valence-corrected chi connectivity index (χ2v) is 10.7. The number of thioether (sulfide) groups is 1. The lowest BCUT2D eigenvalue weighted by Gasteiger charge is -2.15. The molecule has 1 atom stereocenters. The van der Waals surface area contributed by atoms with Gasteiger partial charge in [-0.05, 0) is 55.0 Å². The van der Waals surface area contributed by atoms with E-state index in [1.165, 1.54) is 16.7 Å². The zero-order chi connectivity index (χ0) is 26.6. The molecule has 2 heterocycles. The van der Waals surface area contributed by atoms with E-state index >= 15 is 0 Å². The number of para-hydroxylation sites is 1. The Bertz CT molecular complexity index is 1520. The summed E-state index contributed by atoms with van der Waals surface area (Å²) in [5.41, 5.74) is 3.62. The van der Waals surface area contributed by atoms with Crippen LogP contribution in [0.25, 0.3) is 11.3 Å². The molecule has 2 amide bonds. The molecular formula is C28H22Cl2N4O3S. The van der Waals surface area contributed by atoms with Gasteiger partial charge in [-0.1, -0.05) is 70.5 Å². The van der Waals surface area contributed by atoms with Gasteiger partial charge in [-0.2, -0.15) is 0 Å². The number of aryl methyl sites for hydroxylation is 1. The van der Waals surface area contributed by atoms with Gasteiger partial charge in [-0.25, -0.2) is 4.99 Å². The molecule has 0 bridgehead atoms. The predicted octanol–water partition coefficient (Wildman–Crippen LogP) is 7.12. The minimum atomic E-state index is -0.635. The molecule has 1 N–H and O–H groups in total. The first-order valence-corrected chi connectivity index (χ1v) is 13.4. The monoisotopic (exact) mass is 564 g/mol. The third-order valence-electron chi connectivity index (χ3n) is 5.85. The summed E-state index contributed by atoms with van der Waals surface area (Å²) < 4.78 is 5.51. The highest BCUT2D eigenvalue weighted by Crippen LogP contribution is 2.34. The maximum Gasteiger partial charge on any atom is 0.243 e. The van der Waals surface area contributed by atoms with Crippen LogP contribution in [0.15, 0.2) is 88.4 Å². The zero-order valence-electron chi connectivity index (χ0n) is 20.2. The SMILES string of the molecule is Cc1ccccc1NC(=O)CC1SC(=Nc2ccc(Cl)cc2)N(Cc2cc(-c3cccc(Cl)c3)on2)C1=O. The maximum atomic E-state index is 13.5. The van der Waals surface area contributed by atoms with Crippen molar-refractivity contribution in [3.8, 4) is 11.3 Å². The Labute approximate surface area is 233 Å². The van der Waals surface area contributed by atoms with Crippen LogP contribution in [-0.2, 0) is 16.1 Å². The fraction of sp³-hybridized carbons (Fsp3) is 0.143. The molecule has 1 aliphatic rings. The molecule has 1 fully saturated rings. The topological polar surface area (TPSA) is 87.8 Å². The molecule has 7 nitrogen and oxygen atoms in total. The van der Waals surface area contributed by atoms with Crippen LogP contribution in [-0.4, -0.2) is 32.3 Å². The second-order valence-electron chi connectivity index (χ2n) is 8.66. The van der Waals surface area contributed by atoms with Crippen molar-refractivity contribution in [3.63, 3.8) is 0 Å². The Morgan fingerprint density at radius 3 is 2.61 bits per heavy atom. The van der Waals surface area contributed by atoms with Crippen LogP contribution in [0, 0.1) is 6.92 Å². The van der Waals surface area contributed by atoms with Gasteiger partial charge in [0.25, 0.3) is 0 Å². The van der Waals surface area contributed by atoms with Crippen molar-refractivity contribution in [3.05, 3.63) is 100 Å². The van der Waals surface area contributed by atoms with Crippen LogP contribution in [0.5, 0.6) is 0 Å². The average molecular weight is 565 g/mol. The van der Waals surface area contributed by atoms with Crippen LogP contribution in [0.2, 0.25) is 10.0 Å². The Hall–Kier alpha value is -3.59. The molecule has 0 radical (unpaired) electrons. The highest BCUT2D eigenvalue weighted by molar-refractivity contribution is 8.15. The average Bonchev–Trinajstić information content (AvgIpc) is 3.48. The number of hydrogen-bond acceptors (Lipinski definition) is 6. The van der Waals surface area contributed by atoms with Gasteiger partial charge >= 0.3 is 0 Å². The minimum absolute atomic E-state index is 0.000548. The van der Waals surface area contributed by atoms with Crippen LogP contribution in [0.1, 0.15) is 17.7 Å². The number of amides is 2. The lowest BCUT2D eigenvalue weighted by molar-refractivity contribution is -0.128.